The van der Waals surface area contributed by atoms with Crippen molar-refractivity contribution < 1.29 is 17.5 Å². The minimum absolute atomic E-state index is 0.0444. The highest BCUT2D eigenvalue weighted by Crippen LogP contribution is 2.30. The SMILES string of the molecule is CC(Nc1nc(OC2CCCCCC2)c2nc(-c3ccc(F)cc3)ccc2n1)c1ccc(S(N)(=O)=O)cc1. The number of ether oxygens (including phenoxy) is 1. The third kappa shape index (κ3) is 6.08. The molecule has 0 saturated heterocycles. The number of fused-ring (bicyclic) bond motifs is 1. The van der Waals surface area contributed by atoms with Crippen LogP contribution in [-0.2, 0) is 10.0 Å². The van der Waals surface area contributed by atoms with Gasteiger partial charge in [0.25, 0.3) is 0 Å². The minimum Gasteiger partial charge on any atom is -0.473 e. The lowest BCUT2D eigenvalue weighted by molar-refractivity contribution is 0.178. The highest BCUT2D eigenvalue weighted by atomic mass is 32.2. The van der Waals surface area contributed by atoms with E-state index in [0.717, 1.165) is 36.8 Å². The first-order chi connectivity index (χ1) is 18.3. The standard InChI is InChI=1S/C28H30FN5O3S/c1-18(19-10-14-23(15-11-19)38(30,35)36)31-28-33-25-17-16-24(20-8-12-21(29)13-9-20)32-26(25)27(34-28)37-22-6-4-2-3-5-7-22/h8-18,22H,2-7H2,1H3,(H2,30,35,36)(H,31,33,34). The molecule has 8 nitrogen and oxygen atoms in total. The lowest BCUT2D eigenvalue weighted by Gasteiger charge is -2.19. The fourth-order valence-corrected chi connectivity index (χ4v) is 5.17. The van der Waals surface area contributed by atoms with E-state index in [-0.39, 0.29) is 22.9 Å². The molecule has 0 bridgehead atoms. The first-order valence-corrected chi connectivity index (χ1v) is 14.3. The molecule has 0 amide bonds. The van der Waals surface area contributed by atoms with Crippen LogP contribution >= 0.6 is 0 Å². The number of primary sulfonamides is 1. The minimum atomic E-state index is -3.76. The molecule has 198 valence electrons. The summed E-state index contributed by atoms with van der Waals surface area (Å²) >= 11 is 0. The molecule has 5 rings (SSSR count). The van der Waals surface area contributed by atoms with E-state index < -0.39 is 10.0 Å². The third-order valence-electron chi connectivity index (χ3n) is 6.79. The average molecular weight is 536 g/mol. The Morgan fingerprint density at radius 3 is 2.26 bits per heavy atom. The van der Waals surface area contributed by atoms with E-state index >= 15 is 0 Å². The number of hydrogen-bond donors (Lipinski definition) is 2. The molecule has 1 aliphatic rings. The van der Waals surface area contributed by atoms with Crippen LogP contribution < -0.4 is 15.2 Å². The fraction of sp³-hybridized carbons (Fsp3) is 0.321. The lowest BCUT2D eigenvalue weighted by Crippen LogP contribution is -2.18. The number of nitrogens with two attached hydrogens (primary N) is 1. The Morgan fingerprint density at radius 2 is 1.61 bits per heavy atom. The van der Waals surface area contributed by atoms with Crippen molar-refractivity contribution in [1.82, 2.24) is 15.0 Å². The van der Waals surface area contributed by atoms with Gasteiger partial charge in [0.15, 0.2) is 5.52 Å². The second kappa shape index (κ2) is 11.0. The van der Waals surface area contributed by atoms with Crippen molar-refractivity contribution in [2.45, 2.75) is 62.5 Å². The molecule has 38 heavy (non-hydrogen) atoms. The summed E-state index contributed by atoms with van der Waals surface area (Å²) in [6.45, 7) is 1.93. The van der Waals surface area contributed by atoms with Crippen molar-refractivity contribution in [1.29, 1.82) is 0 Å². The number of benzene rings is 2. The van der Waals surface area contributed by atoms with Crippen LogP contribution in [0.3, 0.4) is 0 Å². The van der Waals surface area contributed by atoms with Gasteiger partial charge in [-0.1, -0.05) is 25.0 Å². The summed E-state index contributed by atoms with van der Waals surface area (Å²) in [5, 5.41) is 8.52. The van der Waals surface area contributed by atoms with Gasteiger partial charge in [-0.3, -0.25) is 0 Å². The number of rotatable bonds is 7. The number of hydrogen-bond acceptors (Lipinski definition) is 7. The molecule has 1 aliphatic carbocycles. The van der Waals surface area contributed by atoms with Crippen LogP contribution in [0.15, 0.2) is 65.6 Å². The van der Waals surface area contributed by atoms with E-state index in [9.17, 15) is 12.8 Å². The zero-order valence-corrected chi connectivity index (χ0v) is 21.9. The Hall–Kier alpha value is -3.63. The van der Waals surface area contributed by atoms with Crippen molar-refractivity contribution in [3.63, 3.8) is 0 Å². The fourth-order valence-electron chi connectivity index (χ4n) is 4.66. The summed E-state index contributed by atoms with van der Waals surface area (Å²) in [6, 6.07) is 16.0. The quantitative estimate of drug-likeness (QED) is 0.289. The summed E-state index contributed by atoms with van der Waals surface area (Å²) in [6.07, 6.45) is 6.58. The maximum Gasteiger partial charge on any atom is 0.245 e. The lowest BCUT2D eigenvalue weighted by atomic mass is 10.1. The van der Waals surface area contributed by atoms with Gasteiger partial charge < -0.3 is 10.1 Å². The number of nitrogens with zero attached hydrogens (tertiary/aromatic N) is 3. The first-order valence-electron chi connectivity index (χ1n) is 12.8. The van der Waals surface area contributed by atoms with E-state index in [0.29, 0.717) is 28.6 Å². The van der Waals surface area contributed by atoms with E-state index in [2.05, 4.69) is 10.3 Å². The molecule has 1 fully saturated rings. The van der Waals surface area contributed by atoms with Crippen molar-refractivity contribution in [2.75, 3.05) is 5.32 Å². The molecule has 2 heterocycles. The topological polar surface area (TPSA) is 120 Å². The summed E-state index contributed by atoms with van der Waals surface area (Å²) in [4.78, 5) is 14.3. The number of pyridine rings is 1. The molecule has 3 N–H and O–H groups in total. The van der Waals surface area contributed by atoms with Crippen LogP contribution in [-0.4, -0.2) is 29.5 Å². The Morgan fingerprint density at radius 1 is 0.921 bits per heavy atom. The number of sulfonamides is 1. The monoisotopic (exact) mass is 535 g/mol. The molecule has 1 saturated carbocycles. The van der Waals surface area contributed by atoms with E-state index in [1.165, 1.54) is 37.1 Å². The molecule has 4 aromatic rings. The zero-order valence-electron chi connectivity index (χ0n) is 21.1. The van der Waals surface area contributed by atoms with Gasteiger partial charge in [-0.15, -0.1) is 0 Å². The molecular weight excluding hydrogens is 505 g/mol. The van der Waals surface area contributed by atoms with Gasteiger partial charge in [-0.05, 0) is 86.7 Å². The van der Waals surface area contributed by atoms with Crippen LogP contribution in [0, 0.1) is 5.82 Å². The van der Waals surface area contributed by atoms with Crippen molar-refractivity contribution >= 4 is 27.0 Å². The van der Waals surface area contributed by atoms with Gasteiger partial charge in [0.05, 0.1) is 22.1 Å². The number of aromatic nitrogens is 3. The molecule has 2 aromatic heterocycles. The molecule has 0 spiro atoms. The Bertz CT molecular complexity index is 1520. The maximum atomic E-state index is 13.5. The van der Waals surface area contributed by atoms with Crippen molar-refractivity contribution in [3.8, 4) is 17.1 Å². The molecule has 2 aromatic carbocycles. The highest BCUT2D eigenvalue weighted by Gasteiger charge is 2.20. The Labute approximate surface area is 221 Å². The van der Waals surface area contributed by atoms with Crippen LogP contribution in [0.5, 0.6) is 5.88 Å². The van der Waals surface area contributed by atoms with Crippen LogP contribution in [0.25, 0.3) is 22.3 Å². The smallest absolute Gasteiger partial charge is 0.245 e. The second-order valence-corrected chi connectivity index (χ2v) is 11.2. The molecule has 1 atom stereocenters. The molecule has 1 unspecified atom stereocenters. The van der Waals surface area contributed by atoms with Crippen molar-refractivity contribution in [2.24, 2.45) is 5.14 Å². The highest BCUT2D eigenvalue weighted by molar-refractivity contribution is 7.89. The number of nitrogens with one attached hydrogen (secondary N) is 1. The van der Waals surface area contributed by atoms with Crippen molar-refractivity contribution in [3.05, 3.63) is 72.0 Å². The van der Waals surface area contributed by atoms with Gasteiger partial charge in [0.1, 0.15) is 11.9 Å². The molecular formula is C28H30FN5O3S. The number of halogens is 1. The normalized spacial score (nSPS) is 15.7. The Kier molecular flexibility index (Phi) is 7.53. The van der Waals surface area contributed by atoms with Crippen LogP contribution in [0.4, 0.5) is 10.3 Å². The maximum absolute atomic E-state index is 13.5. The summed E-state index contributed by atoms with van der Waals surface area (Å²) in [7, 11) is -3.76. The van der Waals surface area contributed by atoms with E-state index in [4.69, 9.17) is 19.8 Å². The predicted octanol–water partition coefficient (Wildman–Crippen LogP) is 5.75. The van der Waals surface area contributed by atoms with Gasteiger partial charge in [0, 0.05) is 5.56 Å². The van der Waals surface area contributed by atoms with E-state index in [1.807, 2.05) is 19.1 Å². The molecule has 10 heteroatoms. The summed E-state index contributed by atoms with van der Waals surface area (Å²) in [5.41, 5.74) is 3.47. The summed E-state index contributed by atoms with van der Waals surface area (Å²) < 4.78 is 43.1. The average Bonchev–Trinajstić information content (AvgIpc) is 3.17. The van der Waals surface area contributed by atoms with Gasteiger partial charge >= 0.3 is 0 Å². The summed E-state index contributed by atoms with van der Waals surface area (Å²) in [5.74, 6) is 0.477. The van der Waals surface area contributed by atoms with Gasteiger partial charge in [-0.25, -0.2) is 27.9 Å². The van der Waals surface area contributed by atoms with E-state index in [1.54, 1.807) is 24.3 Å². The first kappa shape index (κ1) is 26.0. The number of anilines is 1. The molecule has 0 radical (unpaired) electrons. The zero-order chi connectivity index (χ0) is 26.7. The predicted molar refractivity (Wildman–Crippen MR) is 145 cm³/mol. The van der Waals surface area contributed by atoms with Crippen LogP contribution in [0.1, 0.15) is 57.1 Å². The largest absolute Gasteiger partial charge is 0.473 e. The van der Waals surface area contributed by atoms with Crippen LogP contribution in [0.2, 0.25) is 0 Å². The second-order valence-electron chi connectivity index (χ2n) is 9.63. The van der Waals surface area contributed by atoms with Gasteiger partial charge in [-0.2, -0.15) is 4.98 Å². The van der Waals surface area contributed by atoms with Gasteiger partial charge in [0.2, 0.25) is 21.9 Å². The Balaban J connectivity index is 1.48. The molecule has 0 aliphatic heterocycles. The third-order valence-corrected chi connectivity index (χ3v) is 7.71.